The second kappa shape index (κ2) is 5.64. The Morgan fingerprint density at radius 2 is 1.90 bits per heavy atom. The molecule has 2 aromatic carbocycles. The first-order valence-electron chi connectivity index (χ1n) is 6.74. The van der Waals surface area contributed by atoms with E-state index in [-0.39, 0.29) is 0 Å². The molecule has 0 aliphatic heterocycles. The number of aromatic nitrogens is 1. The topological polar surface area (TPSA) is 45.9 Å². The van der Waals surface area contributed by atoms with Crippen LogP contribution in [-0.4, -0.2) is 4.98 Å². The molecule has 3 rings (SSSR count). The van der Waals surface area contributed by atoms with Crippen molar-refractivity contribution in [1.82, 2.24) is 4.98 Å². The van der Waals surface area contributed by atoms with E-state index in [1.807, 2.05) is 55.5 Å². The van der Waals surface area contributed by atoms with Gasteiger partial charge in [0.1, 0.15) is 24.1 Å². The van der Waals surface area contributed by atoms with Crippen LogP contribution in [0, 0.1) is 18.3 Å². The second-order valence-electron chi connectivity index (χ2n) is 4.89. The van der Waals surface area contributed by atoms with Crippen LogP contribution in [0.5, 0.6) is 5.75 Å². The minimum absolute atomic E-state index is 0.434. The van der Waals surface area contributed by atoms with Gasteiger partial charge < -0.3 is 4.74 Å². The van der Waals surface area contributed by atoms with E-state index in [1.165, 1.54) is 0 Å². The standard InChI is InChI=1S/C18H14N2O/c1-13-9-17(21-12-14-5-3-2-4-6-14)10-15-7-8-16(11-19)20-18(13)15/h2-10H,12H2,1H3. The maximum absolute atomic E-state index is 8.92. The zero-order chi connectivity index (χ0) is 14.7. The zero-order valence-corrected chi connectivity index (χ0v) is 11.7. The SMILES string of the molecule is Cc1cc(OCc2ccccc2)cc2ccc(C#N)nc12. The van der Waals surface area contributed by atoms with Crippen LogP contribution in [0.15, 0.2) is 54.6 Å². The third kappa shape index (κ3) is 2.85. The summed E-state index contributed by atoms with van der Waals surface area (Å²) in [5.41, 5.74) is 3.42. The van der Waals surface area contributed by atoms with Crippen molar-refractivity contribution in [2.75, 3.05) is 0 Å². The number of aryl methyl sites for hydroxylation is 1. The predicted octanol–water partition coefficient (Wildman–Crippen LogP) is 3.99. The number of rotatable bonds is 3. The van der Waals surface area contributed by atoms with Gasteiger partial charge in [-0.15, -0.1) is 0 Å². The highest BCUT2D eigenvalue weighted by molar-refractivity contribution is 5.83. The highest BCUT2D eigenvalue weighted by Gasteiger charge is 2.05. The van der Waals surface area contributed by atoms with E-state index in [1.54, 1.807) is 6.07 Å². The maximum Gasteiger partial charge on any atom is 0.141 e. The Bertz CT molecular complexity index is 820. The van der Waals surface area contributed by atoms with Crippen LogP contribution in [0.1, 0.15) is 16.8 Å². The Labute approximate surface area is 123 Å². The molecule has 0 unspecified atom stereocenters. The predicted molar refractivity (Wildman–Crippen MR) is 82.0 cm³/mol. The summed E-state index contributed by atoms with van der Waals surface area (Å²) in [7, 11) is 0. The number of nitriles is 1. The van der Waals surface area contributed by atoms with Crippen molar-refractivity contribution in [2.45, 2.75) is 13.5 Å². The van der Waals surface area contributed by atoms with E-state index in [0.29, 0.717) is 12.3 Å². The number of hydrogen-bond acceptors (Lipinski definition) is 3. The number of pyridine rings is 1. The van der Waals surface area contributed by atoms with E-state index in [9.17, 15) is 0 Å². The second-order valence-corrected chi connectivity index (χ2v) is 4.89. The molecule has 0 aliphatic rings. The first-order valence-corrected chi connectivity index (χ1v) is 6.74. The molecule has 0 bridgehead atoms. The third-order valence-corrected chi connectivity index (χ3v) is 3.32. The number of fused-ring (bicyclic) bond motifs is 1. The first kappa shape index (κ1) is 13.1. The normalized spacial score (nSPS) is 10.3. The van der Waals surface area contributed by atoms with Crippen LogP contribution in [0.25, 0.3) is 10.9 Å². The van der Waals surface area contributed by atoms with Crippen LogP contribution in [0.3, 0.4) is 0 Å². The van der Waals surface area contributed by atoms with Gasteiger partial charge in [-0.1, -0.05) is 30.3 Å². The van der Waals surface area contributed by atoms with Crippen LogP contribution >= 0.6 is 0 Å². The van der Waals surface area contributed by atoms with Crippen molar-refractivity contribution in [3.8, 4) is 11.8 Å². The number of hydrogen-bond donors (Lipinski definition) is 0. The van der Waals surface area contributed by atoms with Gasteiger partial charge in [0, 0.05) is 5.39 Å². The molecule has 0 radical (unpaired) electrons. The summed E-state index contributed by atoms with van der Waals surface area (Å²) in [5.74, 6) is 0.815. The summed E-state index contributed by atoms with van der Waals surface area (Å²) < 4.78 is 5.84. The quantitative estimate of drug-likeness (QED) is 0.725. The number of benzene rings is 2. The molecule has 0 amide bonds. The molecule has 3 aromatic rings. The molecule has 102 valence electrons. The lowest BCUT2D eigenvalue weighted by Gasteiger charge is -2.09. The molecule has 0 aliphatic carbocycles. The molecule has 0 saturated heterocycles. The van der Waals surface area contributed by atoms with Gasteiger partial charge in [0.05, 0.1) is 5.52 Å². The molecular weight excluding hydrogens is 260 g/mol. The van der Waals surface area contributed by atoms with Gasteiger partial charge in [0.2, 0.25) is 0 Å². The van der Waals surface area contributed by atoms with Crippen molar-refractivity contribution in [3.63, 3.8) is 0 Å². The van der Waals surface area contributed by atoms with Gasteiger partial charge in [0.15, 0.2) is 0 Å². The first-order chi connectivity index (χ1) is 10.3. The lowest BCUT2D eigenvalue weighted by Crippen LogP contribution is -1.96. The van der Waals surface area contributed by atoms with Crippen LogP contribution in [0.2, 0.25) is 0 Å². The molecule has 0 fully saturated rings. The van der Waals surface area contributed by atoms with E-state index >= 15 is 0 Å². The Hall–Kier alpha value is -2.86. The van der Waals surface area contributed by atoms with Crippen LogP contribution < -0.4 is 4.74 Å². The van der Waals surface area contributed by atoms with Gasteiger partial charge in [-0.25, -0.2) is 4.98 Å². The molecule has 0 N–H and O–H groups in total. The zero-order valence-electron chi connectivity index (χ0n) is 11.7. The third-order valence-electron chi connectivity index (χ3n) is 3.32. The average Bonchev–Trinajstić information content (AvgIpc) is 2.54. The van der Waals surface area contributed by atoms with Crippen molar-refractivity contribution < 1.29 is 4.74 Å². The van der Waals surface area contributed by atoms with Crippen LogP contribution in [-0.2, 0) is 6.61 Å². The van der Waals surface area contributed by atoms with Crippen molar-refractivity contribution >= 4 is 10.9 Å². The fourth-order valence-electron chi connectivity index (χ4n) is 2.27. The van der Waals surface area contributed by atoms with Crippen molar-refractivity contribution in [2.24, 2.45) is 0 Å². The molecule has 21 heavy (non-hydrogen) atoms. The summed E-state index contributed by atoms with van der Waals surface area (Å²) in [5, 5.41) is 9.90. The lowest BCUT2D eigenvalue weighted by atomic mass is 10.1. The fraction of sp³-hybridized carbons (Fsp3) is 0.111. The molecule has 1 aromatic heterocycles. The minimum Gasteiger partial charge on any atom is -0.489 e. The highest BCUT2D eigenvalue weighted by Crippen LogP contribution is 2.24. The highest BCUT2D eigenvalue weighted by atomic mass is 16.5. The smallest absolute Gasteiger partial charge is 0.141 e. The van der Waals surface area contributed by atoms with Gasteiger partial charge in [-0.3, -0.25) is 0 Å². The summed E-state index contributed by atoms with van der Waals surface area (Å²) in [6.07, 6.45) is 0. The summed E-state index contributed by atoms with van der Waals surface area (Å²) >= 11 is 0. The van der Waals surface area contributed by atoms with Gasteiger partial charge in [0.25, 0.3) is 0 Å². The van der Waals surface area contributed by atoms with Crippen LogP contribution in [0.4, 0.5) is 0 Å². The maximum atomic E-state index is 8.92. The number of ether oxygens (including phenoxy) is 1. The van der Waals surface area contributed by atoms with Gasteiger partial charge in [-0.05, 0) is 42.3 Å². The summed E-state index contributed by atoms with van der Waals surface area (Å²) in [6.45, 7) is 2.52. The fourth-order valence-corrected chi connectivity index (χ4v) is 2.27. The largest absolute Gasteiger partial charge is 0.489 e. The molecular formula is C18H14N2O. The monoisotopic (exact) mass is 274 g/mol. The van der Waals surface area contributed by atoms with E-state index < -0.39 is 0 Å². The molecule has 0 atom stereocenters. The number of nitrogens with zero attached hydrogens (tertiary/aromatic N) is 2. The Morgan fingerprint density at radius 1 is 1.10 bits per heavy atom. The lowest BCUT2D eigenvalue weighted by molar-refractivity contribution is 0.306. The van der Waals surface area contributed by atoms with Gasteiger partial charge >= 0.3 is 0 Å². The van der Waals surface area contributed by atoms with E-state index in [2.05, 4.69) is 11.1 Å². The minimum atomic E-state index is 0.434. The molecule has 1 heterocycles. The molecule has 0 saturated carbocycles. The van der Waals surface area contributed by atoms with Crippen molar-refractivity contribution in [3.05, 3.63) is 71.4 Å². The summed E-state index contributed by atoms with van der Waals surface area (Å²) in [4.78, 5) is 4.34. The van der Waals surface area contributed by atoms with E-state index in [0.717, 1.165) is 27.8 Å². The Balaban J connectivity index is 1.89. The van der Waals surface area contributed by atoms with Crippen molar-refractivity contribution in [1.29, 1.82) is 5.26 Å². The van der Waals surface area contributed by atoms with E-state index in [4.69, 9.17) is 10.00 Å². The summed E-state index contributed by atoms with van der Waals surface area (Å²) in [6, 6.07) is 19.7. The molecule has 3 nitrogen and oxygen atoms in total. The average molecular weight is 274 g/mol. The van der Waals surface area contributed by atoms with Gasteiger partial charge in [-0.2, -0.15) is 5.26 Å². The Kier molecular flexibility index (Phi) is 3.53. The Morgan fingerprint density at radius 3 is 2.67 bits per heavy atom. The molecule has 3 heteroatoms. The molecule has 0 spiro atoms.